The van der Waals surface area contributed by atoms with Gasteiger partial charge in [0.1, 0.15) is 5.52 Å². The Bertz CT molecular complexity index is 3140. The highest BCUT2D eigenvalue weighted by atomic mass is 16.3. The number of benzene rings is 9. The van der Waals surface area contributed by atoms with Crippen molar-refractivity contribution >= 4 is 71.5 Å². The lowest BCUT2D eigenvalue weighted by atomic mass is 10.00. The average molecular weight is 704 g/mol. The molecular formula is C51H33N3O. The Kier molecular flexibility index (Phi) is 7.14. The van der Waals surface area contributed by atoms with Crippen LogP contribution in [0.25, 0.3) is 82.7 Å². The normalized spacial score (nSPS) is 11.6. The molecule has 0 aliphatic heterocycles. The van der Waals surface area contributed by atoms with Gasteiger partial charge in [0.05, 0.1) is 11.0 Å². The van der Waals surface area contributed by atoms with Crippen LogP contribution in [0.2, 0.25) is 0 Å². The maximum Gasteiger partial charge on any atom is 0.227 e. The molecule has 0 aliphatic rings. The fourth-order valence-electron chi connectivity index (χ4n) is 8.21. The number of nitrogens with zero attached hydrogens (tertiary/aromatic N) is 3. The lowest BCUT2D eigenvalue weighted by molar-refractivity contribution is 0.623. The molecule has 9 aromatic carbocycles. The molecule has 11 aromatic rings. The van der Waals surface area contributed by atoms with Crippen molar-refractivity contribution in [2.45, 2.75) is 0 Å². The molecule has 0 bridgehead atoms. The standard InChI is InChI=1S/C51H33N3O/c1-3-12-34(13-4-1)35-24-28-39(29-25-35)53(40-16-11-17-41(32-40)54-47-20-9-7-18-43(47)44-19-8-10-21-48(44)54)42-30-26-36-22-23-37-27-31-46-50(49(37)45(36)33-42)55-51(52-46)38-14-5-2-6-15-38/h1-33H. The van der Waals surface area contributed by atoms with Crippen LogP contribution in [0.5, 0.6) is 0 Å². The highest BCUT2D eigenvalue weighted by Crippen LogP contribution is 2.42. The van der Waals surface area contributed by atoms with Crippen molar-refractivity contribution in [3.8, 4) is 28.3 Å². The second-order valence-electron chi connectivity index (χ2n) is 14.0. The molecule has 0 unspecified atom stereocenters. The van der Waals surface area contributed by atoms with Gasteiger partial charge >= 0.3 is 0 Å². The van der Waals surface area contributed by atoms with E-state index in [-0.39, 0.29) is 0 Å². The first kappa shape index (κ1) is 31.1. The fraction of sp³-hybridized carbons (Fsp3) is 0. The minimum Gasteiger partial charge on any atom is -0.435 e. The SMILES string of the molecule is c1ccc(-c2ccc(N(c3cccc(-n4c5ccccc5c5ccccc54)c3)c3ccc4ccc5ccc6nc(-c7ccccc7)oc6c5c4c3)cc2)cc1. The van der Waals surface area contributed by atoms with Gasteiger partial charge in [0, 0.05) is 44.5 Å². The van der Waals surface area contributed by atoms with Crippen molar-refractivity contribution in [3.05, 3.63) is 200 Å². The number of anilines is 3. The molecule has 0 amide bonds. The van der Waals surface area contributed by atoms with Crippen LogP contribution in [-0.2, 0) is 0 Å². The summed E-state index contributed by atoms with van der Waals surface area (Å²) in [6, 6.07) is 71.1. The van der Waals surface area contributed by atoms with Crippen molar-refractivity contribution in [1.82, 2.24) is 9.55 Å². The van der Waals surface area contributed by atoms with Crippen LogP contribution in [0.15, 0.2) is 205 Å². The Hall–Kier alpha value is -7.43. The monoisotopic (exact) mass is 703 g/mol. The summed E-state index contributed by atoms with van der Waals surface area (Å²) in [5, 5.41) is 6.91. The van der Waals surface area contributed by atoms with E-state index in [9.17, 15) is 0 Å². The van der Waals surface area contributed by atoms with Gasteiger partial charge in [0.25, 0.3) is 0 Å². The Balaban J connectivity index is 1.13. The highest BCUT2D eigenvalue weighted by Gasteiger charge is 2.19. The summed E-state index contributed by atoms with van der Waals surface area (Å²) in [6.45, 7) is 0. The number of hydrogen-bond donors (Lipinski definition) is 0. The molecule has 0 spiro atoms. The van der Waals surface area contributed by atoms with E-state index < -0.39 is 0 Å². The summed E-state index contributed by atoms with van der Waals surface area (Å²) < 4.78 is 8.98. The van der Waals surface area contributed by atoms with Gasteiger partial charge in [0.2, 0.25) is 5.89 Å². The van der Waals surface area contributed by atoms with Crippen LogP contribution >= 0.6 is 0 Å². The summed E-state index contributed by atoms with van der Waals surface area (Å²) in [5.41, 5.74) is 11.6. The van der Waals surface area contributed by atoms with Crippen LogP contribution < -0.4 is 4.90 Å². The van der Waals surface area contributed by atoms with E-state index in [1.54, 1.807) is 0 Å². The lowest BCUT2D eigenvalue weighted by Crippen LogP contribution is -2.10. The van der Waals surface area contributed by atoms with Gasteiger partial charge in [-0.05, 0) is 100 Å². The molecule has 0 aliphatic carbocycles. The molecule has 4 heteroatoms. The van der Waals surface area contributed by atoms with Crippen LogP contribution in [0.3, 0.4) is 0 Å². The number of rotatable bonds is 6. The van der Waals surface area contributed by atoms with Gasteiger partial charge in [-0.2, -0.15) is 0 Å². The predicted octanol–water partition coefficient (Wildman–Crippen LogP) is 14.0. The van der Waals surface area contributed by atoms with E-state index in [0.717, 1.165) is 61.0 Å². The molecular weight excluding hydrogens is 671 g/mol. The van der Waals surface area contributed by atoms with Gasteiger partial charge in [0.15, 0.2) is 5.58 Å². The molecule has 4 nitrogen and oxygen atoms in total. The minimum atomic E-state index is 0.623. The number of oxazole rings is 1. The Morgan fingerprint density at radius 2 is 1.00 bits per heavy atom. The van der Waals surface area contributed by atoms with E-state index in [1.165, 1.54) is 32.9 Å². The zero-order valence-electron chi connectivity index (χ0n) is 29.8. The molecule has 0 fully saturated rings. The maximum atomic E-state index is 6.60. The summed E-state index contributed by atoms with van der Waals surface area (Å²) in [6.07, 6.45) is 0. The van der Waals surface area contributed by atoms with Crippen LogP contribution in [0.1, 0.15) is 0 Å². The molecule has 2 heterocycles. The van der Waals surface area contributed by atoms with E-state index in [2.05, 4.69) is 179 Å². The topological polar surface area (TPSA) is 34.2 Å². The third kappa shape index (κ3) is 5.19. The van der Waals surface area contributed by atoms with Crippen LogP contribution in [0.4, 0.5) is 17.1 Å². The van der Waals surface area contributed by atoms with E-state index in [0.29, 0.717) is 5.89 Å². The highest BCUT2D eigenvalue weighted by molar-refractivity contribution is 6.18. The van der Waals surface area contributed by atoms with Crippen molar-refractivity contribution in [2.75, 3.05) is 4.90 Å². The van der Waals surface area contributed by atoms with Crippen molar-refractivity contribution in [2.24, 2.45) is 0 Å². The average Bonchev–Trinajstić information content (AvgIpc) is 3.85. The lowest BCUT2D eigenvalue weighted by Gasteiger charge is -2.27. The third-order valence-electron chi connectivity index (χ3n) is 10.8. The maximum absolute atomic E-state index is 6.60. The number of fused-ring (bicyclic) bond motifs is 8. The van der Waals surface area contributed by atoms with E-state index in [1.807, 2.05) is 30.3 Å². The van der Waals surface area contributed by atoms with Crippen LogP contribution in [0, 0.1) is 0 Å². The zero-order valence-corrected chi connectivity index (χ0v) is 29.8. The second kappa shape index (κ2) is 12.6. The molecule has 0 atom stereocenters. The molecule has 0 radical (unpaired) electrons. The molecule has 0 saturated carbocycles. The number of aromatic nitrogens is 2. The summed E-state index contributed by atoms with van der Waals surface area (Å²) in [7, 11) is 0. The van der Waals surface area contributed by atoms with Gasteiger partial charge in [-0.25, -0.2) is 4.98 Å². The minimum absolute atomic E-state index is 0.623. The summed E-state index contributed by atoms with van der Waals surface area (Å²) >= 11 is 0. The van der Waals surface area contributed by atoms with Crippen molar-refractivity contribution in [1.29, 1.82) is 0 Å². The van der Waals surface area contributed by atoms with Gasteiger partial charge in [-0.3, -0.25) is 0 Å². The fourth-order valence-corrected chi connectivity index (χ4v) is 8.21. The zero-order chi connectivity index (χ0) is 36.3. The van der Waals surface area contributed by atoms with Crippen molar-refractivity contribution < 1.29 is 4.42 Å². The smallest absolute Gasteiger partial charge is 0.227 e. The first-order valence-corrected chi connectivity index (χ1v) is 18.6. The Morgan fingerprint density at radius 1 is 0.418 bits per heavy atom. The van der Waals surface area contributed by atoms with Gasteiger partial charge in [-0.15, -0.1) is 0 Å². The molecule has 55 heavy (non-hydrogen) atoms. The quantitative estimate of drug-likeness (QED) is 0.162. The first-order chi connectivity index (χ1) is 27.3. The molecule has 0 N–H and O–H groups in total. The Morgan fingerprint density at radius 3 is 1.75 bits per heavy atom. The number of para-hydroxylation sites is 2. The second-order valence-corrected chi connectivity index (χ2v) is 14.0. The predicted molar refractivity (Wildman–Crippen MR) is 229 cm³/mol. The van der Waals surface area contributed by atoms with Gasteiger partial charge in [-0.1, -0.05) is 127 Å². The number of hydrogen-bond acceptors (Lipinski definition) is 3. The molecule has 0 saturated heterocycles. The molecule has 2 aromatic heterocycles. The summed E-state index contributed by atoms with van der Waals surface area (Å²) in [4.78, 5) is 7.29. The summed E-state index contributed by atoms with van der Waals surface area (Å²) in [5.74, 6) is 0.623. The van der Waals surface area contributed by atoms with Gasteiger partial charge < -0.3 is 13.9 Å². The largest absolute Gasteiger partial charge is 0.435 e. The first-order valence-electron chi connectivity index (χ1n) is 18.6. The molecule has 11 rings (SSSR count). The Labute approximate surface area is 317 Å². The molecule has 258 valence electrons. The van der Waals surface area contributed by atoms with Crippen molar-refractivity contribution in [3.63, 3.8) is 0 Å². The van der Waals surface area contributed by atoms with Crippen LogP contribution in [-0.4, -0.2) is 9.55 Å². The third-order valence-corrected chi connectivity index (χ3v) is 10.8. The van der Waals surface area contributed by atoms with E-state index in [4.69, 9.17) is 9.40 Å². The van der Waals surface area contributed by atoms with E-state index >= 15 is 0 Å².